The minimum absolute atomic E-state index is 0.804. The average Bonchev–Trinajstić information content (AvgIpc) is 2.98. The summed E-state index contributed by atoms with van der Waals surface area (Å²) < 4.78 is 2.15. The number of thiazole rings is 1. The number of anilines is 1. The lowest BCUT2D eigenvalue weighted by atomic mass is 10.1. The van der Waals surface area contributed by atoms with Crippen LogP contribution < -0.4 is 4.90 Å². The number of halogens is 1. The molecule has 0 N–H and O–H groups in total. The van der Waals surface area contributed by atoms with Gasteiger partial charge in [-0.25, -0.2) is 4.98 Å². The zero-order valence-corrected chi connectivity index (χ0v) is 13.9. The number of aromatic nitrogens is 2. The van der Waals surface area contributed by atoms with E-state index in [4.69, 9.17) is 4.98 Å². The van der Waals surface area contributed by atoms with Crippen molar-refractivity contribution >= 4 is 38.0 Å². The molecule has 2 aromatic heterocycles. The van der Waals surface area contributed by atoms with E-state index in [0.717, 1.165) is 22.7 Å². The van der Waals surface area contributed by atoms with E-state index >= 15 is 0 Å². The first-order valence-corrected chi connectivity index (χ1v) is 8.46. The van der Waals surface area contributed by atoms with Crippen molar-refractivity contribution in [2.45, 2.75) is 18.8 Å². The Morgan fingerprint density at radius 1 is 1.40 bits per heavy atom. The summed E-state index contributed by atoms with van der Waals surface area (Å²) in [5.41, 5.74) is 3.81. The van der Waals surface area contributed by atoms with Crippen LogP contribution in [0.3, 0.4) is 0 Å². The quantitative estimate of drug-likeness (QED) is 0.656. The van der Waals surface area contributed by atoms with Gasteiger partial charge in [0.2, 0.25) is 0 Å². The molecular formula is C15H16BrN3S. The number of nitrogens with zero attached hydrogens (tertiary/aromatic N) is 3. The van der Waals surface area contributed by atoms with Gasteiger partial charge in [0, 0.05) is 30.5 Å². The zero-order chi connectivity index (χ0) is 14.1. The standard InChI is InChI=1S/C15H16BrN3S/c1-11-4-3-5-12(8-11)10-18(2)14-13(9-16)19-6-7-20-15(19)17-14/h3-8H,9-10H2,1-2H3. The second-order valence-corrected chi connectivity index (χ2v) is 6.35. The number of benzene rings is 1. The van der Waals surface area contributed by atoms with E-state index in [0.29, 0.717) is 0 Å². The van der Waals surface area contributed by atoms with Gasteiger partial charge in [-0.3, -0.25) is 4.40 Å². The second kappa shape index (κ2) is 5.58. The van der Waals surface area contributed by atoms with Gasteiger partial charge < -0.3 is 4.90 Å². The SMILES string of the molecule is Cc1cccc(CN(C)c2nc3sccn3c2CBr)c1. The fourth-order valence-electron chi connectivity index (χ4n) is 2.41. The monoisotopic (exact) mass is 349 g/mol. The van der Waals surface area contributed by atoms with Crippen molar-refractivity contribution in [1.82, 2.24) is 9.38 Å². The molecule has 2 heterocycles. The van der Waals surface area contributed by atoms with Crippen LogP contribution in [-0.2, 0) is 11.9 Å². The van der Waals surface area contributed by atoms with Gasteiger partial charge in [-0.2, -0.15) is 0 Å². The lowest BCUT2D eigenvalue weighted by molar-refractivity contribution is 0.894. The summed E-state index contributed by atoms with van der Waals surface area (Å²) in [6, 6.07) is 8.62. The molecule has 0 aliphatic rings. The van der Waals surface area contributed by atoms with Crippen molar-refractivity contribution in [3.05, 3.63) is 52.7 Å². The van der Waals surface area contributed by atoms with Gasteiger partial charge in [-0.1, -0.05) is 45.8 Å². The van der Waals surface area contributed by atoms with Crippen LogP contribution in [0.4, 0.5) is 5.82 Å². The molecule has 0 amide bonds. The van der Waals surface area contributed by atoms with E-state index in [2.05, 4.69) is 75.0 Å². The summed E-state index contributed by atoms with van der Waals surface area (Å²) in [7, 11) is 2.10. The van der Waals surface area contributed by atoms with Gasteiger partial charge in [0.1, 0.15) is 0 Å². The molecule has 0 unspecified atom stereocenters. The maximum atomic E-state index is 4.74. The third-order valence-electron chi connectivity index (χ3n) is 3.33. The van der Waals surface area contributed by atoms with Crippen molar-refractivity contribution in [1.29, 1.82) is 0 Å². The molecule has 104 valence electrons. The van der Waals surface area contributed by atoms with Crippen LogP contribution in [0, 0.1) is 6.92 Å². The predicted molar refractivity (Wildman–Crippen MR) is 89.0 cm³/mol. The number of hydrogen-bond donors (Lipinski definition) is 0. The van der Waals surface area contributed by atoms with Crippen LogP contribution in [0.15, 0.2) is 35.8 Å². The first kappa shape index (κ1) is 13.6. The van der Waals surface area contributed by atoms with E-state index in [1.54, 1.807) is 11.3 Å². The Hall–Kier alpha value is -1.33. The van der Waals surface area contributed by atoms with Crippen LogP contribution in [0.5, 0.6) is 0 Å². The molecule has 3 nitrogen and oxygen atoms in total. The van der Waals surface area contributed by atoms with Crippen molar-refractivity contribution in [3.63, 3.8) is 0 Å². The summed E-state index contributed by atoms with van der Waals surface area (Å²) in [4.78, 5) is 8.00. The van der Waals surface area contributed by atoms with Gasteiger partial charge >= 0.3 is 0 Å². The van der Waals surface area contributed by atoms with E-state index in [1.807, 2.05) is 0 Å². The van der Waals surface area contributed by atoms with Gasteiger partial charge in [-0.05, 0) is 12.5 Å². The first-order valence-electron chi connectivity index (χ1n) is 6.46. The Kier molecular flexibility index (Phi) is 3.81. The lowest BCUT2D eigenvalue weighted by Gasteiger charge is -2.18. The number of rotatable bonds is 4. The Balaban J connectivity index is 1.92. The Morgan fingerprint density at radius 2 is 2.25 bits per heavy atom. The third-order valence-corrected chi connectivity index (χ3v) is 4.62. The fourth-order valence-corrected chi connectivity index (χ4v) is 3.66. The summed E-state index contributed by atoms with van der Waals surface area (Å²) in [5, 5.41) is 2.87. The lowest BCUT2D eigenvalue weighted by Crippen LogP contribution is -2.18. The third kappa shape index (κ3) is 2.47. The number of alkyl halides is 1. The van der Waals surface area contributed by atoms with Crippen LogP contribution in [0.25, 0.3) is 4.96 Å². The highest BCUT2D eigenvalue weighted by molar-refractivity contribution is 9.08. The van der Waals surface area contributed by atoms with Crippen LogP contribution in [-0.4, -0.2) is 16.4 Å². The highest BCUT2D eigenvalue weighted by Gasteiger charge is 2.15. The highest BCUT2D eigenvalue weighted by Crippen LogP contribution is 2.26. The normalized spacial score (nSPS) is 11.2. The molecule has 0 fully saturated rings. The van der Waals surface area contributed by atoms with E-state index in [-0.39, 0.29) is 0 Å². The average molecular weight is 350 g/mol. The van der Waals surface area contributed by atoms with Gasteiger partial charge in [-0.15, -0.1) is 11.3 Å². The molecule has 0 saturated carbocycles. The van der Waals surface area contributed by atoms with Gasteiger partial charge in [0.25, 0.3) is 0 Å². The maximum Gasteiger partial charge on any atom is 0.195 e. The van der Waals surface area contributed by atoms with Crippen molar-refractivity contribution in [2.24, 2.45) is 0 Å². The molecule has 0 aliphatic carbocycles. The van der Waals surface area contributed by atoms with Crippen LogP contribution >= 0.6 is 27.3 Å². The summed E-state index contributed by atoms with van der Waals surface area (Å²) in [6.07, 6.45) is 2.08. The van der Waals surface area contributed by atoms with Crippen LogP contribution in [0.1, 0.15) is 16.8 Å². The molecule has 3 rings (SSSR count). The first-order chi connectivity index (χ1) is 9.69. The fraction of sp³-hybridized carbons (Fsp3) is 0.267. The molecule has 0 radical (unpaired) electrons. The Bertz CT molecular complexity index is 732. The van der Waals surface area contributed by atoms with Gasteiger partial charge in [0.15, 0.2) is 10.8 Å². The smallest absolute Gasteiger partial charge is 0.195 e. The Labute approximate surface area is 131 Å². The summed E-state index contributed by atoms with van der Waals surface area (Å²) >= 11 is 5.24. The highest BCUT2D eigenvalue weighted by atomic mass is 79.9. The molecule has 3 aromatic rings. The summed E-state index contributed by atoms with van der Waals surface area (Å²) in [5.74, 6) is 1.05. The van der Waals surface area contributed by atoms with Crippen LogP contribution in [0.2, 0.25) is 0 Å². The van der Waals surface area contributed by atoms with Crippen molar-refractivity contribution in [3.8, 4) is 0 Å². The van der Waals surface area contributed by atoms with Gasteiger partial charge in [0.05, 0.1) is 5.69 Å². The minimum Gasteiger partial charge on any atom is -0.354 e. The molecule has 5 heteroatoms. The molecule has 0 aliphatic heterocycles. The van der Waals surface area contributed by atoms with Crippen molar-refractivity contribution in [2.75, 3.05) is 11.9 Å². The topological polar surface area (TPSA) is 20.5 Å². The van der Waals surface area contributed by atoms with E-state index < -0.39 is 0 Å². The molecule has 1 aromatic carbocycles. The van der Waals surface area contributed by atoms with Crippen molar-refractivity contribution < 1.29 is 0 Å². The molecule has 0 saturated heterocycles. The summed E-state index contributed by atoms with van der Waals surface area (Å²) in [6.45, 7) is 2.99. The number of hydrogen-bond acceptors (Lipinski definition) is 3. The second-order valence-electron chi connectivity index (χ2n) is 4.92. The molecule has 20 heavy (non-hydrogen) atoms. The molecule has 0 bridgehead atoms. The van der Waals surface area contributed by atoms with E-state index in [1.165, 1.54) is 16.8 Å². The molecular weight excluding hydrogens is 334 g/mol. The minimum atomic E-state index is 0.804. The molecule has 0 atom stereocenters. The number of aryl methyl sites for hydroxylation is 1. The number of imidazole rings is 1. The maximum absolute atomic E-state index is 4.74. The predicted octanol–water partition coefficient (Wildman–Crippen LogP) is 4.24. The van der Waals surface area contributed by atoms with E-state index in [9.17, 15) is 0 Å². The molecule has 0 spiro atoms. The zero-order valence-electron chi connectivity index (χ0n) is 11.5. The Morgan fingerprint density at radius 3 is 3.00 bits per heavy atom. The largest absolute Gasteiger partial charge is 0.354 e. The number of fused-ring (bicyclic) bond motifs is 1.